The van der Waals surface area contributed by atoms with Crippen LogP contribution in [0.3, 0.4) is 0 Å². The summed E-state index contributed by atoms with van der Waals surface area (Å²) in [6, 6.07) is 11.1. The molecule has 1 N–H and O–H groups in total. The molecule has 0 aliphatic heterocycles. The minimum Gasteiger partial charge on any atom is -0.410 e. The molecule has 0 radical (unpaired) electrons. The number of amides is 1. The standard InChI is InChI=1S/C17H17N3O2/c1-11-4-5-13(8-12(11)2)19-17(21)22-14-6-7-16-15(9-14)18-10-20(16)3/h4-10H,1-3H3,(H,19,21). The normalized spacial score (nSPS) is 10.7. The number of aryl methyl sites for hydroxylation is 3. The number of imidazole rings is 1. The van der Waals surface area contributed by atoms with Crippen LogP contribution in [0.15, 0.2) is 42.7 Å². The van der Waals surface area contributed by atoms with E-state index in [9.17, 15) is 4.79 Å². The Balaban J connectivity index is 1.73. The van der Waals surface area contributed by atoms with E-state index in [0.29, 0.717) is 11.4 Å². The van der Waals surface area contributed by atoms with Crippen molar-refractivity contribution in [3.05, 3.63) is 53.9 Å². The van der Waals surface area contributed by atoms with Crippen LogP contribution in [0.4, 0.5) is 10.5 Å². The quantitative estimate of drug-likeness (QED) is 0.782. The average molecular weight is 295 g/mol. The third-order valence-corrected chi connectivity index (χ3v) is 3.66. The molecule has 0 spiro atoms. The first-order chi connectivity index (χ1) is 10.5. The number of aromatic nitrogens is 2. The van der Waals surface area contributed by atoms with Crippen molar-refractivity contribution in [2.24, 2.45) is 7.05 Å². The molecule has 22 heavy (non-hydrogen) atoms. The fourth-order valence-corrected chi connectivity index (χ4v) is 2.25. The number of benzene rings is 2. The van der Waals surface area contributed by atoms with E-state index in [2.05, 4.69) is 10.3 Å². The van der Waals surface area contributed by atoms with Crippen LogP contribution in [0.5, 0.6) is 5.75 Å². The van der Waals surface area contributed by atoms with Gasteiger partial charge >= 0.3 is 6.09 Å². The number of anilines is 1. The Bertz CT molecular complexity index is 852. The van der Waals surface area contributed by atoms with Crippen LogP contribution in [0.1, 0.15) is 11.1 Å². The van der Waals surface area contributed by atoms with E-state index >= 15 is 0 Å². The molecule has 0 bridgehead atoms. The summed E-state index contributed by atoms with van der Waals surface area (Å²) in [7, 11) is 1.92. The molecule has 0 fully saturated rings. The highest BCUT2D eigenvalue weighted by Gasteiger charge is 2.08. The lowest BCUT2D eigenvalue weighted by atomic mass is 10.1. The second kappa shape index (κ2) is 5.52. The summed E-state index contributed by atoms with van der Waals surface area (Å²) in [6.07, 6.45) is 1.21. The molecule has 2 aromatic carbocycles. The molecule has 3 aromatic rings. The molecule has 0 saturated heterocycles. The summed E-state index contributed by atoms with van der Waals surface area (Å²) >= 11 is 0. The van der Waals surface area contributed by atoms with Crippen molar-refractivity contribution >= 4 is 22.8 Å². The Hall–Kier alpha value is -2.82. The van der Waals surface area contributed by atoms with Gasteiger partial charge in [-0.25, -0.2) is 9.78 Å². The summed E-state index contributed by atoms with van der Waals surface area (Å²) in [6.45, 7) is 4.03. The Morgan fingerprint density at radius 2 is 1.95 bits per heavy atom. The smallest absolute Gasteiger partial charge is 0.410 e. The topological polar surface area (TPSA) is 56.1 Å². The van der Waals surface area contributed by atoms with Gasteiger partial charge in [0.2, 0.25) is 0 Å². The van der Waals surface area contributed by atoms with E-state index in [1.807, 2.05) is 49.7 Å². The van der Waals surface area contributed by atoms with Gasteiger partial charge in [0.05, 0.1) is 17.4 Å². The number of hydrogen-bond donors (Lipinski definition) is 1. The molecule has 1 heterocycles. The summed E-state index contributed by atoms with van der Waals surface area (Å²) in [5.74, 6) is 0.465. The van der Waals surface area contributed by atoms with Crippen LogP contribution in [0.25, 0.3) is 11.0 Å². The largest absolute Gasteiger partial charge is 0.417 e. The van der Waals surface area contributed by atoms with Crippen LogP contribution in [-0.4, -0.2) is 15.6 Å². The molecule has 1 amide bonds. The molecular weight excluding hydrogens is 278 g/mol. The van der Waals surface area contributed by atoms with Gasteiger partial charge in [-0.2, -0.15) is 0 Å². The van der Waals surface area contributed by atoms with Crippen molar-refractivity contribution < 1.29 is 9.53 Å². The van der Waals surface area contributed by atoms with Gasteiger partial charge in [-0.05, 0) is 49.2 Å². The summed E-state index contributed by atoms with van der Waals surface area (Å²) in [5.41, 5.74) is 4.79. The van der Waals surface area contributed by atoms with E-state index in [4.69, 9.17) is 4.74 Å². The molecule has 5 nitrogen and oxygen atoms in total. The highest BCUT2D eigenvalue weighted by atomic mass is 16.6. The zero-order valence-electron chi connectivity index (χ0n) is 12.8. The fourth-order valence-electron chi connectivity index (χ4n) is 2.25. The zero-order chi connectivity index (χ0) is 15.7. The van der Waals surface area contributed by atoms with Gasteiger partial charge in [-0.3, -0.25) is 5.32 Å². The number of ether oxygens (including phenoxy) is 1. The van der Waals surface area contributed by atoms with E-state index in [0.717, 1.165) is 16.6 Å². The number of nitrogens with one attached hydrogen (secondary N) is 1. The lowest BCUT2D eigenvalue weighted by Crippen LogP contribution is -2.16. The molecule has 112 valence electrons. The lowest BCUT2D eigenvalue weighted by molar-refractivity contribution is 0.215. The second-order valence-electron chi connectivity index (χ2n) is 5.32. The van der Waals surface area contributed by atoms with Gasteiger partial charge in [0.15, 0.2) is 0 Å². The van der Waals surface area contributed by atoms with E-state index < -0.39 is 6.09 Å². The molecule has 1 aromatic heterocycles. The number of rotatable bonds is 2. The molecule has 0 aliphatic rings. The molecular formula is C17H17N3O2. The Labute approximate surface area is 128 Å². The number of carbonyl (C=O) groups excluding carboxylic acids is 1. The fraction of sp³-hybridized carbons (Fsp3) is 0.176. The SMILES string of the molecule is Cc1ccc(NC(=O)Oc2ccc3c(c2)ncn3C)cc1C. The predicted octanol–water partition coefficient (Wildman–Crippen LogP) is 3.80. The molecule has 3 rings (SSSR count). The zero-order valence-corrected chi connectivity index (χ0v) is 12.8. The van der Waals surface area contributed by atoms with Gasteiger partial charge in [-0.15, -0.1) is 0 Å². The van der Waals surface area contributed by atoms with Crippen LogP contribution in [0.2, 0.25) is 0 Å². The van der Waals surface area contributed by atoms with Crippen molar-refractivity contribution in [2.75, 3.05) is 5.32 Å². The first kappa shape index (κ1) is 14.1. The highest BCUT2D eigenvalue weighted by molar-refractivity contribution is 5.87. The lowest BCUT2D eigenvalue weighted by Gasteiger charge is -2.08. The van der Waals surface area contributed by atoms with Crippen LogP contribution in [-0.2, 0) is 7.05 Å². The summed E-state index contributed by atoms with van der Waals surface area (Å²) < 4.78 is 7.22. The summed E-state index contributed by atoms with van der Waals surface area (Å²) in [5, 5.41) is 2.72. The van der Waals surface area contributed by atoms with Crippen molar-refractivity contribution in [3.8, 4) is 5.75 Å². The minimum absolute atomic E-state index is 0.465. The average Bonchev–Trinajstić information content (AvgIpc) is 2.84. The van der Waals surface area contributed by atoms with Crippen molar-refractivity contribution in [1.29, 1.82) is 0 Å². The third-order valence-electron chi connectivity index (χ3n) is 3.66. The number of carbonyl (C=O) groups is 1. The maximum atomic E-state index is 12.0. The predicted molar refractivity (Wildman–Crippen MR) is 86.3 cm³/mol. The van der Waals surface area contributed by atoms with Crippen molar-refractivity contribution in [2.45, 2.75) is 13.8 Å². The maximum Gasteiger partial charge on any atom is 0.417 e. The third kappa shape index (κ3) is 2.79. The van der Waals surface area contributed by atoms with Gasteiger partial charge < -0.3 is 9.30 Å². The van der Waals surface area contributed by atoms with Crippen LogP contribution < -0.4 is 10.1 Å². The number of nitrogens with zero attached hydrogens (tertiary/aromatic N) is 2. The van der Waals surface area contributed by atoms with Crippen molar-refractivity contribution in [3.63, 3.8) is 0 Å². The van der Waals surface area contributed by atoms with E-state index in [1.165, 1.54) is 5.56 Å². The molecule has 5 heteroatoms. The van der Waals surface area contributed by atoms with Gasteiger partial charge in [0, 0.05) is 18.8 Å². The van der Waals surface area contributed by atoms with E-state index in [1.54, 1.807) is 18.5 Å². The van der Waals surface area contributed by atoms with Gasteiger partial charge in [-0.1, -0.05) is 6.07 Å². The Morgan fingerprint density at radius 3 is 2.73 bits per heavy atom. The molecule has 0 aliphatic carbocycles. The summed E-state index contributed by atoms with van der Waals surface area (Å²) in [4.78, 5) is 16.2. The second-order valence-corrected chi connectivity index (χ2v) is 5.32. The van der Waals surface area contributed by atoms with Crippen LogP contribution >= 0.6 is 0 Å². The minimum atomic E-state index is -0.515. The van der Waals surface area contributed by atoms with Gasteiger partial charge in [0.25, 0.3) is 0 Å². The van der Waals surface area contributed by atoms with Crippen LogP contribution in [0, 0.1) is 13.8 Å². The maximum absolute atomic E-state index is 12.0. The van der Waals surface area contributed by atoms with E-state index in [-0.39, 0.29) is 0 Å². The molecule has 0 atom stereocenters. The first-order valence-electron chi connectivity index (χ1n) is 7.00. The molecule has 0 unspecified atom stereocenters. The van der Waals surface area contributed by atoms with Gasteiger partial charge in [0.1, 0.15) is 5.75 Å². The molecule has 0 saturated carbocycles. The van der Waals surface area contributed by atoms with Crippen molar-refractivity contribution in [1.82, 2.24) is 9.55 Å². The first-order valence-corrected chi connectivity index (χ1v) is 7.00. The Morgan fingerprint density at radius 1 is 1.14 bits per heavy atom. The highest BCUT2D eigenvalue weighted by Crippen LogP contribution is 2.20. The monoisotopic (exact) mass is 295 g/mol. The number of fused-ring (bicyclic) bond motifs is 1. The number of hydrogen-bond acceptors (Lipinski definition) is 3. The Kier molecular flexibility index (Phi) is 3.55.